The number of benzene rings is 1. The summed E-state index contributed by atoms with van der Waals surface area (Å²) in [5.74, 6) is 1.66. The van der Waals surface area contributed by atoms with Crippen molar-refractivity contribution >= 4 is 11.3 Å². The third-order valence-electron chi connectivity index (χ3n) is 3.38. The topological polar surface area (TPSA) is 30.5 Å². The van der Waals surface area contributed by atoms with Gasteiger partial charge in [0.25, 0.3) is 0 Å². The lowest BCUT2D eigenvalue weighted by molar-refractivity contribution is 0.383. The van der Waals surface area contributed by atoms with Crippen LogP contribution in [0.15, 0.2) is 35.7 Å². The molecule has 0 fully saturated rings. The molecule has 1 N–H and O–H groups in total. The molecule has 0 aliphatic carbocycles. The molecule has 0 aliphatic heterocycles. The Bertz CT molecular complexity index is 539. The monoisotopic (exact) mass is 291 g/mol. The third kappa shape index (κ3) is 3.32. The van der Waals surface area contributed by atoms with Gasteiger partial charge in [0.1, 0.15) is 11.5 Å². The van der Waals surface area contributed by atoms with Crippen LogP contribution in [0.2, 0.25) is 0 Å². The van der Waals surface area contributed by atoms with Gasteiger partial charge in [-0.05, 0) is 31.4 Å². The molecule has 0 radical (unpaired) electrons. The lowest BCUT2D eigenvalue weighted by Crippen LogP contribution is -2.22. The quantitative estimate of drug-likeness (QED) is 0.866. The summed E-state index contributed by atoms with van der Waals surface area (Å²) in [7, 11) is 3.35. The standard InChI is InChI=1S/C16H21NO2S/c1-11(17-12(2)16-6-5-9-20-16)14-8-7-13(18-3)10-15(14)19-4/h5-12,17H,1-4H3/t11?,12-/m1/s1. The first-order chi connectivity index (χ1) is 9.65. The second-order valence-corrected chi connectivity index (χ2v) is 5.71. The molecule has 0 amide bonds. The Labute approximate surface area is 124 Å². The fraction of sp³-hybridized carbons (Fsp3) is 0.375. The minimum Gasteiger partial charge on any atom is -0.497 e. The van der Waals surface area contributed by atoms with Crippen LogP contribution in [0.25, 0.3) is 0 Å². The van der Waals surface area contributed by atoms with Crippen LogP contribution in [0.4, 0.5) is 0 Å². The summed E-state index contributed by atoms with van der Waals surface area (Å²) in [5, 5.41) is 5.70. The summed E-state index contributed by atoms with van der Waals surface area (Å²) in [4.78, 5) is 1.34. The van der Waals surface area contributed by atoms with Gasteiger partial charge in [0.05, 0.1) is 14.2 Å². The molecule has 2 aromatic rings. The van der Waals surface area contributed by atoms with Crippen molar-refractivity contribution in [3.63, 3.8) is 0 Å². The molecule has 0 bridgehead atoms. The molecule has 1 aromatic heterocycles. The van der Waals surface area contributed by atoms with Gasteiger partial charge in [-0.1, -0.05) is 12.1 Å². The Morgan fingerprint density at radius 2 is 1.85 bits per heavy atom. The summed E-state index contributed by atoms with van der Waals surface area (Å²) in [6, 6.07) is 10.7. The van der Waals surface area contributed by atoms with E-state index in [1.165, 1.54) is 4.88 Å². The molecule has 2 atom stereocenters. The lowest BCUT2D eigenvalue weighted by Gasteiger charge is -2.21. The number of hydrogen-bond donors (Lipinski definition) is 1. The van der Waals surface area contributed by atoms with Gasteiger partial charge >= 0.3 is 0 Å². The highest BCUT2D eigenvalue weighted by molar-refractivity contribution is 7.10. The number of hydrogen-bond acceptors (Lipinski definition) is 4. The van der Waals surface area contributed by atoms with E-state index in [1.54, 1.807) is 25.6 Å². The zero-order valence-electron chi connectivity index (χ0n) is 12.3. The maximum atomic E-state index is 5.46. The Kier molecular flexibility index (Phi) is 5.04. The molecular weight excluding hydrogens is 270 g/mol. The molecular formula is C16H21NO2S. The maximum Gasteiger partial charge on any atom is 0.127 e. The van der Waals surface area contributed by atoms with Crippen LogP contribution >= 0.6 is 11.3 Å². The highest BCUT2D eigenvalue weighted by Crippen LogP contribution is 2.31. The molecule has 4 heteroatoms. The Balaban J connectivity index is 2.14. The van der Waals surface area contributed by atoms with E-state index in [9.17, 15) is 0 Å². The fourth-order valence-electron chi connectivity index (χ4n) is 2.26. The normalized spacial score (nSPS) is 13.8. The smallest absolute Gasteiger partial charge is 0.127 e. The number of nitrogens with one attached hydrogen (secondary N) is 1. The predicted octanol–water partition coefficient (Wildman–Crippen LogP) is 4.18. The van der Waals surface area contributed by atoms with Crippen molar-refractivity contribution in [3.05, 3.63) is 46.2 Å². The van der Waals surface area contributed by atoms with Crippen LogP contribution < -0.4 is 14.8 Å². The van der Waals surface area contributed by atoms with E-state index in [1.807, 2.05) is 12.1 Å². The molecule has 20 heavy (non-hydrogen) atoms. The van der Waals surface area contributed by atoms with Crippen molar-refractivity contribution in [1.82, 2.24) is 5.32 Å². The Morgan fingerprint density at radius 3 is 2.45 bits per heavy atom. The molecule has 0 saturated heterocycles. The summed E-state index contributed by atoms with van der Waals surface area (Å²) >= 11 is 1.77. The van der Waals surface area contributed by atoms with E-state index in [-0.39, 0.29) is 6.04 Å². The molecule has 3 nitrogen and oxygen atoms in total. The second kappa shape index (κ2) is 6.77. The van der Waals surface area contributed by atoms with Crippen LogP contribution in [0.5, 0.6) is 11.5 Å². The summed E-state index contributed by atoms with van der Waals surface area (Å²) in [5.41, 5.74) is 1.14. The first-order valence-electron chi connectivity index (χ1n) is 6.67. The zero-order valence-corrected chi connectivity index (χ0v) is 13.2. The molecule has 0 spiro atoms. The highest BCUT2D eigenvalue weighted by atomic mass is 32.1. The van der Waals surface area contributed by atoms with Crippen LogP contribution in [0.1, 0.15) is 36.4 Å². The van der Waals surface area contributed by atoms with Gasteiger partial charge in [-0.15, -0.1) is 11.3 Å². The van der Waals surface area contributed by atoms with Crippen molar-refractivity contribution in [2.24, 2.45) is 0 Å². The van der Waals surface area contributed by atoms with E-state index < -0.39 is 0 Å². The number of rotatable bonds is 6. The van der Waals surface area contributed by atoms with Gasteiger partial charge in [-0.25, -0.2) is 0 Å². The molecule has 1 unspecified atom stereocenters. The summed E-state index contributed by atoms with van der Waals surface area (Å²) < 4.78 is 10.7. The molecule has 0 saturated carbocycles. The largest absolute Gasteiger partial charge is 0.497 e. The first-order valence-corrected chi connectivity index (χ1v) is 7.55. The number of methoxy groups -OCH3 is 2. The zero-order chi connectivity index (χ0) is 14.5. The number of ether oxygens (including phenoxy) is 2. The van der Waals surface area contributed by atoms with E-state index in [0.29, 0.717) is 6.04 Å². The van der Waals surface area contributed by atoms with E-state index in [2.05, 4.69) is 42.7 Å². The molecule has 0 aliphatic rings. The summed E-state index contributed by atoms with van der Waals surface area (Å²) in [6.07, 6.45) is 0. The Hall–Kier alpha value is -1.52. The molecule has 1 aromatic carbocycles. The minimum absolute atomic E-state index is 0.202. The van der Waals surface area contributed by atoms with Crippen molar-refractivity contribution < 1.29 is 9.47 Å². The fourth-order valence-corrected chi connectivity index (χ4v) is 3.00. The van der Waals surface area contributed by atoms with Crippen LogP contribution in [0.3, 0.4) is 0 Å². The predicted molar refractivity (Wildman–Crippen MR) is 83.8 cm³/mol. The molecule has 2 rings (SSSR count). The van der Waals surface area contributed by atoms with Gasteiger partial charge in [0, 0.05) is 28.6 Å². The van der Waals surface area contributed by atoms with Gasteiger partial charge in [0.2, 0.25) is 0 Å². The minimum atomic E-state index is 0.202. The van der Waals surface area contributed by atoms with Gasteiger partial charge in [-0.3, -0.25) is 0 Å². The van der Waals surface area contributed by atoms with Crippen molar-refractivity contribution in [2.45, 2.75) is 25.9 Å². The average Bonchev–Trinajstić information content (AvgIpc) is 3.00. The molecule has 1 heterocycles. The van der Waals surface area contributed by atoms with Crippen LogP contribution in [-0.2, 0) is 0 Å². The number of thiophene rings is 1. The second-order valence-electron chi connectivity index (χ2n) is 4.73. The van der Waals surface area contributed by atoms with E-state index in [4.69, 9.17) is 9.47 Å². The van der Waals surface area contributed by atoms with Crippen LogP contribution in [0, 0.1) is 0 Å². The SMILES string of the molecule is COc1ccc(C(C)N[C@H](C)c2cccs2)c(OC)c1. The van der Waals surface area contributed by atoms with E-state index in [0.717, 1.165) is 17.1 Å². The van der Waals surface area contributed by atoms with Gasteiger partial charge in [0.15, 0.2) is 0 Å². The molecule has 108 valence electrons. The lowest BCUT2D eigenvalue weighted by atomic mass is 10.1. The van der Waals surface area contributed by atoms with Crippen molar-refractivity contribution in [1.29, 1.82) is 0 Å². The Morgan fingerprint density at radius 1 is 1.05 bits per heavy atom. The first kappa shape index (κ1) is 14.9. The van der Waals surface area contributed by atoms with Gasteiger partial charge in [-0.2, -0.15) is 0 Å². The summed E-state index contributed by atoms with van der Waals surface area (Å²) in [6.45, 7) is 4.33. The highest BCUT2D eigenvalue weighted by Gasteiger charge is 2.16. The van der Waals surface area contributed by atoms with Crippen molar-refractivity contribution in [3.8, 4) is 11.5 Å². The van der Waals surface area contributed by atoms with E-state index >= 15 is 0 Å². The van der Waals surface area contributed by atoms with Crippen LogP contribution in [-0.4, -0.2) is 14.2 Å². The van der Waals surface area contributed by atoms with Crippen molar-refractivity contribution in [2.75, 3.05) is 14.2 Å². The maximum absolute atomic E-state index is 5.46. The average molecular weight is 291 g/mol. The van der Waals surface area contributed by atoms with Gasteiger partial charge < -0.3 is 14.8 Å². The third-order valence-corrected chi connectivity index (χ3v) is 4.43.